The molecule has 1 aliphatic carbocycles. The van der Waals surface area contributed by atoms with Crippen LogP contribution in [0.2, 0.25) is 0 Å². The van der Waals surface area contributed by atoms with Gasteiger partial charge in [0.05, 0.1) is 5.75 Å². The summed E-state index contributed by atoms with van der Waals surface area (Å²) < 4.78 is 7.08. The van der Waals surface area contributed by atoms with E-state index in [1.807, 2.05) is 4.57 Å². The molecular weight excluding hydrogens is 254 g/mol. The van der Waals surface area contributed by atoms with Gasteiger partial charge in [-0.3, -0.25) is 4.79 Å². The zero-order valence-electron chi connectivity index (χ0n) is 10.3. The molecule has 2 rings (SSSR count). The second-order valence-electron chi connectivity index (χ2n) is 4.67. The molecule has 6 nitrogen and oxygen atoms in total. The molecule has 1 aromatic rings. The Kier molecular flexibility index (Phi) is 4.23. The van der Waals surface area contributed by atoms with Crippen LogP contribution in [0.25, 0.3) is 0 Å². The standard InChI is InChI=1S/C11H17N3O3S/c1-17-5-4-11(2-3-11)7-14-8-12-13-10(14)18-6-9(15)16/h8H,2-7H2,1H3,(H,15,16). The molecule has 7 heteroatoms. The van der Waals surface area contributed by atoms with Gasteiger partial charge in [-0.1, -0.05) is 11.8 Å². The molecule has 0 unspecified atom stereocenters. The lowest BCUT2D eigenvalue weighted by molar-refractivity contribution is -0.133. The monoisotopic (exact) mass is 271 g/mol. The molecule has 100 valence electrons. The Labute approximate surface area is 110 Å². The van der Waals surface area contributed by atoms with Gasteiger partial charge in [-0.05, 0) is 24.7 Å². The lowest BCUT2D eigenvalue weighted by Crippen LogP contribution is -2.14. The maximum atomic E-state index is 10.5. The van der Waals surface area contributed by atoms with E-state index in [2.05, 4.69) is 10.2 Å². The molecular formula is C11H17N3O3S. The van der Waals surface area contributed by atoms with Crippen LogP contribution in [-0.2, 0) is 16.1 Å². The van der Waals surface area contributed by atoms with E-state index in [9.17, 15) is 4.79 Å². The number of aliphatic carboxylic acids is 1. The molecule has 1 N–H and O–H groups in total. The van der Waals surface area contributed by atoms with Gasteiger partial charge in [-0.15, -0.1) is 10.2 Å². The van der Waals surface area contributed by atoms with Crippen molar-refractivity contribution in [2.45, 2.75) is 31.0 Å². The molecule has 1 aliphatic rings. The Hall–Kier alpha value is -1.08. The molecule has 1 aromatic heterocycles. The van der Waals surface area contributed by atoms with Crippen LogP contribution >= 0.6 is 11.8 Å². The van der Waals surface area contributed by atoms with Crippen LogP contribution in [0, 0.1) is 5.41 Å². The molecule has 1 heterocycles. The highest BCUT2D eigenvalue weighted by Crippen LogP contribution is 2.50. The smallest absolute Gasteiger partial charge is 0.313 e. The third-order valence-electron chi connectivity index (χ3n) is 3.20. The number of aromatic nitrogens is 3. The Morgan fingerprint density at radius 2 is 2.44 bits per heavy atom. The van der Waals surface area contributed by atoms with Crippen LogP contribution < -0.4 is 0 Å². The average molecular weight is 271 g/mol. The minimum atomic E-state index is -0.838. The van der Waals surface area contributed by atoms with Gasteiger partial charge in [0, 0.05) is 20.3 Å². The van der Waals surface area contributed by atoms with Crippen LogP contribution in [0.3, 0.4) is 0 Å². The summed E-state index contributed by atoms with van der Waals surface area (Å²) in [4.78, 5) is 10.5. The molecule has 0 radical (unpaired) electrons. The van der Waals surface area contributed by atoms with Crippen molar-refractivity contribution < 1.29 is 14.6 Å². The number of carbonyl (C=O) groups is 1. The van der Waals surface area contributed by atoms with Crippen LogP contribution in [0.5, 0.6) is 0 Å². The quantitative estimate of drug-likeness (QED) is 0.717. The molecule has 18 heavy (non-hydrogen) atoms. The van der Waals surface area contributed by atoms with E-state index >= 15 is 0 Å². The van der Waals surface area contributed by atoms with Gasteiger partial charge in [0.25, 0.3) is 0 Å². The fourth-order valence-electron chi connectivity index (χ4n) is 1.93. The predicted octanol–water partition coefficient (Wildman–Crippen LogP) is 1.27. The normalized spacial score (nSPS) is 16.7. The summed E-state index contributed by atoms with van der Waals surface area (Å²) >= 11 is 1.21. The summed E-state index contributed by atoms with van der Waals surface area (Å²) in [5.41, 5.74) is 0.303. The van der Waals surface area contributed by atoms with E-state index in [1.165, 1.54) is 24.6 Å². The average Bonchev–Trinajstić information content (AvgIpc) is 2.95. The van der Waals surface area contributed by atoms with E-state index in [1.54, 1.807) is 13.4 Å². The summed E-state index contributed by atoms with van der Waals surface area (Å²) in [5.74, 6) is -0.820. The fourth-order valence-corrected chi connectivity index (χ4v) is 2.57. The van der Waals surface area contributed by atoms with E-state index in [0.717, 1.165) is 19.6 Å². The van der Waals surface area contributed by atoms with E-state index < -0.39 is 5.97 Å². The van der Waals surface area contributed by atoms with Gasteiger partial charge >= 0.3 is 5.97 Å². The highest BCUT2D eigenvalue weighted by molar-refractivity contribution is 7.99. The molecule has 0 amide bonds. The summed E-state index contributed by atoms with van der Waals surface area (Å²) in [5, 5.41) is 17.2. The second-order valence-corrected chi connectivity index (χ2v) is 5.61. The number of methoxy groups -OCH3 is 1. The van der Waals surface area contributed by atoms with E-state index in [4.69, 9.17) is 9.84 Å². The second kappa shape index (κ2) is 5.71. The Bertz CT molecular complexity index is 417. The summed E-state index contributed by atoms with van der Waals surface area (Å²) in [6.45, 7) is 1.62. The van der Waals surface area contributed by atoms with Crippen molar-refractivity contribution in [2.24, 2.45) is 5.41 Å². The number of nitrogens with zero attached hydrogens (tertiary/aromatic N) is 3. The van der Waals surface area contributed by atoms with Crippen molar-refractivity contribution in [3.8, 4) is 0 Å². The highest BCUT2D eigenvalue weighted by atomic mass is 32.2. The van der Waals surface area contributed by atoms with Crippen LogP contribution in [0.4, 0.5) is 0 Å². The summed E-state index contributed by atoms with van der Waals surface area (Å²) in [7, 11) is 1.71. The van der Waals surface area contributed by atoms with Crippen molar-refractivity contribution in [3.05, 3.63) is 6.33 Å². The van der Waals surface area contributed by atoms with Crippen molar-refractivity contribution in [3.63, 3.8) is 0 Å². The molecule has 1 saturated carbocycles. The van der Waals surface area contributed by atoms with Crippen molar-refractivity contribution in [1.29, 1.82) is 0 Å². The third-order valence-corrected chi connectivity index (χ3v) is 4.17. The number of rotatable bonds is 8. The first-order valence-corrected chi connectivity index (χ1v) is 6.85. The third kappa shape index (κ3) is 3.46. The first-order valence-electron chi connectivity index (χ1n) is 5.87. The Morgan fingerprint density at radius 1 is 1.67 bits per heavy atom. The molecule has 0 aliphatic heterocycles. The number of hydrogen-bond acceptors (Lipinski definition) is 5. The van der Waals surface area contributed by atoms with Gasteiger partial charge in [0.1, 0.15) is 6.33 Å². The van der Waals surface area contributed by atoms with Crippen molar-refractivity contribution >= 4 is 17.7 Å². The zero-order valence-corrected chi connectivity index (χ0v) is 11.2. The maximum absolute atomic E-state index is 10.5. The zero-order chi connectivity index (χ0) is 13.0. The van der Waals surface area contributed by atoms with Gasteiger partial charge in [-0.25, -0.2) is 0 Å². The van der Waals surface area contributed by atoms with Gasteiger partial charge in [0.15, 0.2) is 5.16 Å². The topological polar surface area (TPSA) is 77.2 Å². The number of thioether (sulfide) groups is 1. The Morgan fingerprint density at radius 3 is 3.06 bits per heavy atom. The van der Waals surface area contributed by atoms with Crippen LogP contribution in [-0.4, -0.2) is 45.3 Å². The van der Waals surface area contributed by atoms with Crippen molar-refractivity contribution in [1.82, 2.24) is 14.8 Å². The predicted molar refractivity (Wildman–Crippen MR) is 66.5 cm³/mol. The van der Waals surface area contributed by atoms with Gasteiger partial charge < -0.3 is 14.4 Å². The molecule has 1 fully saturated rings. The first-order chi connectivity index (χ1) is 8.65. The fraction of sp³-hybridized carbons (Fsp3) is 0.727. The lowest BCUT2D eigenvalue weighted by Gasteiger charge is -2.15. The minimum Gasteiger partial charge on any atom is -0.481 e. The molecule has 0 saturated heterocycles. The Balaban J connectivity index is 1.93. The highest BCUT2D eigenvalue weighted by Gasteiger charge is 2.42. The first kappa shape index (κ1) is 13.4. The lowest BCUT2D eigenvalue weighted by atomic mass is 10.0. The van der Waals surface area contributed by atoms with Crippen molar-refractivity contribution in [2.75, 3.05) is 19.5 Å². The summed E-state index contributed by atoms with van der Waals surface area (Å²) in [6, 6.07) is 0. The van der Waals surface area contributed by atoms with Crippen LogP contribution in [0.1, 0.15) is 19.3 Å². The van der Waals surface area contributed by atoms with Gasteiger partial charge in [0.2, 0.25) is 0 Å². The number of hydrogen-bond donors (Lipinski definition) is 1. The maximum Gasteiger partial charge on any atom is 0.313 e. The number of carboxylic acid groups (broad SMARTS) is 1. The molecule has 0 spiro atoms. The van der Waals surface area contributed by atoms with Crippen LogP contribution in [0.15, 0.2) is 11.5 Å². The number of ether oxygens (including phenoxy) is 1. The van der Waals surface area contributed by atoms with Gasteiger partial charge in [-0.2, -0.15) is 0 Å². The number of carboxylic acids is 1. The summed E-state index contributed by atoms with van der Waals surface area (Å²) in [6.07, 6.45) is 5.09. The largest absolute Gasteiger partial charge is 0.481 e. The molecule has 0 aromatic carbocycles. The molecule has 0 bridgehead atoms. The minimum absolute atomic E-state index is 0.0176. The van der Waals surface area contributed by atoms with E-state index in [-0.39, 0.29) is 5.75 Å². The SMILES string of the molecule is COCCC1(Cn2cnnc2SCC(=O)O)CC1. The molecule has 0 atom stereocenters. The van der Waals surface area contributed by atoms with E-state index in [0.29, 0.717) is 10.6 Å².